The molecule has 4 heterocycles. The predicted molar refractivity (Wildman–Crippen MR) is 123 cm³/mol. The third-order valence-corrected chi connectivity index (χ3v) is 6.71. The van der Waals surface area contributed by atoms with Crippen LogP contribution in [0.25, 0.3) is 0 Å². The summed E-state index contributed by atoms with van der Waals surface area (Å²) in [6.07, 6.45) is -0.271. The highest BCUT2D eigenvalue weighted by molar-refractivity contribution is 8.02. The first-order valence-electron chi connectivity index (χ1n) is 10.3. The number of carbonyl (C=O) groups excluding carboxylic acids is 1. The van der Waals surface area contributed by atoms with Crippen molar-refractivity contribution in [3.8, 4) is 5.75 Å². The number of hydrogen-bond donors (Lipinski definition) is 0. The zero-order chi connectivity index (χ0) is 24.9. The maximum Gasteiger partial charge on any atom is 0.307 e. The summed E-state index contributed by atoms with van der Waals surface area (Å²) in [6.45, 7) is 1.85. The lowest BCUT2D eigenvalue weighted by atomic mass is 10.0. The SMILES string of the molecule is COc1ccc(C2=NC(=O)C3Sc4nc(C(F)F)cc(C)c4C3=N2)cc1Cn1cc([N+](=O)[O-])cn1. The lowest BCUT2D eigenvalue weighted by Gasteiger charge is -2.16. The van der Waals surface area contributed by atoms with Gasteiger partial charge in [0.05, 0.1) is 24.3 Å². The number of aliphatic imine (C=N–C) groups is 2. The van der Waals surface area contributed by atoms with Crippen molar-refractivity contribution in [1.82, 2.24) is 14.8 Å². The number of rotatable bonds is 6. The minimum absolute atomic E-state index is 0.142. The number of amidine groups is 1. The Kier molecular flexibility index (Phi) is 5.63. The molecule has 35 heavy (non-hydrogen) atoms. The predicted octanol–water partition coefficient (Wildman–Crippen LogP) is 3.74. The van der Waals surface area contributed by atoms with Gasteiger partial charge >= 0.3 is 5.69 Å². The molecule has 10 nitrogen and oxygen atoms in total. The van der Waals surface area contributed by atoms with Crippen LogP contribution in [0.3, 0.4) is 0 Å². The van der Waals surface area contributed by atoms with Crippen molar-refractivity contribution in [2.45, 2.75) is 30.2 Å². The number of methoxy groups -OCH3 is 1. The van der Waals surface area contributed by atoms with Crippen LogP contribution in [0.15, 0.2) is 51.7 Å². The van der Waals surface area contributed by atoms with Gasteiger partial charge in [-0.05, 0) is 36.8 Å². The van der Waals surface area contributed by atoms with E-state index in [4.69, 9.17) is 4.74 Å². The molecule has 0 spiro atoms. The first-order valence-corrected chi connectivity index (χ1v) is 11.1. The smallest absolute Gasteiger partial charge is 0.307 e. The zero-order valence-electron chi connectivity index (χ0n) is 18.3. The van der Waals surface area contributed by atoms with Crippen molar-refractivity contribution < 1.29 is 23.2 Å². The van der Waals surface area contributed by atoms with E-state index in [0.29, 0.717) is 38.7 Å². The normalized spacial score (nSPS) is 16.6. The van der Waals surface area contributed by atoms with Gasteiger partial charge in [0.2, 0.25) is 0 Å². The van der Waals surface area contributed by atoms with Crippen LogP contribution < -0.4 is 4.74 Å². The fourth-order valence-corrected chi connectivity index (χ4v) is 5.14. The molecule has 0 saturated heterocycles. The van der Waals surface area contributed by atoms with E-state index >= 15 is 0 Å². The molecule has 0 fully saturated rings. The van der Waals surface area contributed by atoms with Crippen LogP contribution in [-0.4, -0.2) is 49.5 Å². The molecule has 178 valence electrons. The molecule has 0 saturated carbocycles. The van der Waals surface area contributed by atoms with Gasteiger partial charge in [0.25, 0.3) is 12.3 Å². The van der Waals surface area contributed by atoms with Gasteiger partial charge in [-0.1, -0.05) is 11.8 Å². The number of amides is 1. The number of aryl methyl sites for hydroxylation is 1. The Labute approximate surface area is 200 Å². The van der Waals surface area contributed by atoms with Crippen molar-refractivity contribution in [1.29, 1.82) is 0 Å². The second kappa shape index (κ2) is 8.65. The molecule has 1 amide bonds. The summed E-state index contributed by atoms with van der Waals surface area (Å²) < 4.78 is 33.2. The molecule has 0 bridgehead atoms. The number of fused-ring (bicyclic) bond motifs is 3. The average Bonchev–Trinajstić information content (AvgIpc) is 3.44. The van der Waals surface area contributed by atoms with Crippen molar-refractivity contribution in [2.24, 2.45) is 9.98 Å². The van der Waals surface area contributed by atoms with Crippen LogP contribution in [-0.2, 0) is 11.3 Å². The Balaban J connectivity index is 1.52. The van der Waals surface area contributed by atoms with Crippen LogP contribution in [0.5, 0.6) is 5.75 Å². The highest BCUT2D eigenvalue weighted by Crippen LogP contribution is 2.41. The number of alkyl halides is 2. The van der Waals surface area contributed by atoms with Crippen LogP contribution in [0.4, 0.5) is 14.5 Å². The van der Waals surface area contributed by atoms with Gasteiger partial charge in [0, 0.05) is 16.7 Å². The number of hydrogen-bond acceptors (Lipinski definition) is 8. The van der Waals surface area contributed by atoms with Crippen LogP contribution in [0.1, 0.15) is 34.4 Å². The molecule has 1 unspecified atom stereocenters. The van der Waals surface area contributed by atoms with Gasteiger partial charge in [0.1, 0.15) is 34.1 Å². The Hall–Kier alpha value is -4.00. The Morgan fingerprint density at radius 2 is 2.09 bits per heavy atom. The summed E-state index contributed by atoms with van der Waals surface area (Å²) in [5, 5.41) is 14.6. The number of thioether (sulfide) groups is 1. The largest absolute Gasteiger partial charge is 0.496 e. The number of ether oxygens (including phenoxy) is 1. The number of carbonyl (C=O) groups is 1. The van der Waals surface area contributed by atoms with Gasteiger partial charge in [-0.25, -0.2) is 18.8 Å². The third-order valence-electron chi connectivity index (χ3n) is 5.53. The molecule has 0 N–H and O–H groups in total. The number of benzene rings is 1. The standard InChI is InChI=1S/C22H16F2N6O4S/c1-10-5-14(19(23)24)26-22-16(10)17-18(35-22)21(31)28-20(27-17)11-3-4-15(34-2)12(6-11)8-29-9-13(7-25-29)30(32)33/h3-7,9,18-19H,8H2,1-2H3. The van der Waals surface area contributed by atoms with Crippen molar-refractivity contribution >= 4 is 34.9 Å². The average molecular weight is 498 g/mol. The van der Waals surface area contributed by atoms with E-state index in [-0.39, 0.29) is 23.8 Å². The van der Waals surface area contributed by atoms with Crippen molar-refractivity contribution in [2.75, 3.05) is 7.11 Å². The second-order valence-corrected chi connectivity index (χ2v) is 8.89. The topological polar surface area (TPSA) is 125 Å². The second-order valence-electron chi connectivity index (χ2n) is 7.79. The van der Waals surface area contributed by atoms with E-state index in [0.717, 1.165) is 18.0 Å². The highest BCUT2D eigenvalue weighted by atomic mass is 32.2. The molecular weight excluding hydrogens is 482 g/mol. The number of pyridine rings is 1. The molecule has 2 aliphatic rings. The van der Waals surface area contributed by atoms with E-state index < -0.39 is 22.5 Å². The molecule has 2 aromatic heterocycles. The fraction of sp³-hybridized carbons (Fsp3) is 0.227. The molecule has 13 heteroatoms. The van der Waals surface area contributed by atoms with E-state index in [1.54, 1.807) is 25.1 Å². The van der Waals surface area contributed by atoms with Gasteiger partial charge in [-0.3, -0.25) is 19.6 Å². The molecular formula is C22H16F2N6O4S. The maximum absolute atomic E-state index is 13.2. The minimum Gasteiger partial charge on any atom is -0.496 e. The van der Waals surface area contributed by atoms with Crippen molar-refractivity contribution in [3.63, 3.8) is 0 Å². The van der Waals surface area contributed by atoms with Crippen LogP contribution in [0, 0.1) is 17.0 Å². The molecule has 3 aromatic rings. The first-order chi connectivity index (χ1) is 16.7. The monoisotopic (exact) mass is 498 g/mol. The molecule has 0 radical (unpaired) electrons. The zero-order valence-corrected chi connectivity index (χ0v) is 19.1. The molecule has 5 rings (SSSR count). The Bertz CT molecular complexity index is 1450. The molecule has 1 aromatic carbocycles. The van der Waals surface area contributed by atoms with Crippen LogP contribution in [0.2, 0.25) is 0 Å². The summed E-state index contributed by atoms with van der Waals surface area (Å²) in [4.78, 5) is 36.1. The summed E-state index contributed by atoms with van der Waals surface area (Å²) in [7, 11) is 1.49. The number of nitro groups is 1. The third kappa shape index (κ3) is 4.07. The highest BCUT2D eigenvalue weighted by Gasteiger charge is 2.40. The van der Waals surface area contributed by atoms with Crippen molar-refractivity contribution in [3.05, 3.63) is 74.7 Å². The van der Waals surface area contributed by atoms with E-state index in [2.05, 4.69) is 20.1 Å². The first kappa shape index (κ1) is 22.8. The molecule has 0 aliphatic carbocycles. The van der Waals surface area contributed by atoms with E-state index in [1.807, 2.05) is 0 Å². The van der Waals surface area contributed by atoms with Gasteiger partial charge in [-0.2, -0.15) is 10.1 Å². The molecule has 2 aliphatic heterocycles. The summed E-state index contributed by atoms with van der Waals surface area (Å²) >= 11 is 1.07. The van der Waals surface area contributed by atoms with E-state index in [9.17, 15) is 23.7 Å². The van der Waals surface area contributed by atoms with Gasteiger partial charge in [0.15, 0.2) is 5.84 Å². The number of aromatic nitrogens is 3. The fourth-order valence-electron chi connectivity index (χ4n) is 3.94. The van der Waals surface area contributed by atoms with E-state index in [1.165, 1.54) is 24.1 Å². The minimum atomic E-state index is -2.72. The molecule has 1 atom stereocenters. The number of halogens is 2. The lowest BCUT2D eigenvalue weighted by molar-refractivity contribution is -0.385. The Morgan fingerprint density at radius 1 is 1.29 bits per heavy atom. The summed E-state index contributed by atoms with van der Waals surface area (Å²) in [6, 6.07) is 6.40. The lowest BCUT2D eigenvalue weighted by Crippen LogP contribution is -2.29. The van der Waals surface area contributed by atoms with Gasteiger partial charge in [-0.15, -0.1) is 0 Å². The Morgan fingerprint density at radius 3 is 2.77 bits per heavy atom. The maximum atomic E-state index is 13.2. The summed E-state index contributed by atoms with van der Waals surface area (Å²) in [5.74, 6) is 0.231. The summed E-state index contributed by atoms with van der Waals surface area (Å²) in [5.41, 5.74) is 2.24. The van der Waals surface area contributed by atoms with Gasteiger partial charge < -0.3 is 4.74 Å². The number of nitrogens with zero attached hydrogens (tertiary/aromatic N) is 6. The quantitative estimate of drug-likeness (QED) is 0.374. The van der Waals surface area contributed by atoms with Crippen LogP contribution >= 0.6 is 11.8 Å².